The third-order valence-corrected chi connectivity index (χ3v) is 8.04. The van der Waals surface area contributed by atoms with Crippen LogP contribution in [0.3, 0.4) is 0 Å². The minimum Gasteiger partial charge on any atom is -0.485 e. The Kier molecular flexibility index (Phi) is 11.0. The van der Waals surface area contributed by atoms with Crippen LogP contribution < -0.4 is 30.4 Å². The maximum Gasteiger partial charge on any atom is 0.162 e. The van der Waals surface area contributed by atoms with Crippen molar-refractivity contribution in [1.29, 1.82) is 0 Å². The monoisotopic (exact) mass is 636 g/mol. The molecule has 6 nitrogen and oxygen atoms in total. The van der Waals surface area contributed by atoms with Crippen molar-refractivity contribution in [3.05, 3.63) is 191 Å². The lowest BCUT2D eigenvalue weighted by atomic mass is 9.94. The molecule has 0 aliphatic carbocycles. The second kappa shape index (κ2) is 16.3. The Labute approximate surface area is 282 Å². The van der Waals surface area contributed by atoms with Crippen LogP contribution >= 0.6 is 0 Å². The molecule has 0 aromatic heterocycles. The van der Waals surface area contributed by atoms with Crippen molar-refractivity contribution >= 4 is 0 Å². The number of hydrogen-bond donors (Lipinski definition) is 2. The summed E-state index contributed by atoms with van der Waals surface area (Å²) >= 11 is 0. The Morgan fingerprint density at radius 1 is 0.333 bits per heavy atom. The highest BCUT2D eigenvalue weighted by Crippen LogP contribution is 2.37. The van der Waals surface area contributed by atoms with E-state index < -0.39 is 12.1 Å². The molecule has 0 aliphatic heterocycles. The van der Waals surface area contributed by atoms with E-state index in [4.69, 9.17) is 30.4 Å². The lowest BCUT2D eigenvalue weighted by Gasteiger charge is -2.23. The first kappa shape index (κ1) is 32.4. The van der Waals surface area contributed by atoms with Crippen molar-refractivity contribution in [2.75, 3.05) is 0 Å². The Bertz CT molecular complexity index is 1710. The standard InChI is InChI=1S/C42H40N2O4/c43-41(35-21-23-37(45-27-31-13-5-1-6-14-31)39(25-35)47-29-33-17-9-3-10-18-33)42(44)36-22-24-38(46-28-32-15-7-2-8-16-32)40(26-36)48-30-34-19-11-4-12-20-34/h1-26,41-42H,27-30,43-44H2. The quantitative estimate of drug-likeness (QED) is 0.117. The number of nitrogens with two attached hydrogens (primary N) is 2. The first-order valence-corrected chi connectivity index (χ1v) is 16.1. The van der Waals surface area contributed by atoms with Crippen molar-refractivity contribution in [2.24, 2.45) is 11.5 Å². The fraction of sp³-hybridized carbons (Fsp3) is 0.143. The molecule has 0 radical (unpaired) electrons. The minimum absolute atomic E-state index is 0.389. The second-order valence-electron chi connectivity index (χ2n) is 11.6. The fourth-order valence-electron chi connectivity index (χ4n) is 5.28. The Morgan fingerprint density at radius 2 is 0.604 bits per heavy atom. The van der Waals surface area contributed by atoms with E-state index in [1.165, 1.54) is 0 Å². The zero-order valence-electron chi connectivity index (χ0n) is 26.8. The number of benzene rings is 6. The maximum absolute atomic E-state index is 6.86. The van der Waals surface area contributed by atoms with E-state index in [2.05, 4.69) is 0 Å². The van der Waals surface area contributed by atoms with Gasteiger partial charge in [-0.05, 0) is 57.6 Å². The molecule has 6 aromatic rings. The van der Waals surface area contributed by atoms with Crippen LogP contribution in [0.15, 0.2) is 158 Å². The summed E-state index contributed by atoms with van der Waals surface area (Å²) in [4.78, 5) is 0. The van der Waals surface area contributed by atoms with Crippen molar-refractivity contribution in [1.82, 2.24) is 0 Å². The van der Waals surface area contributed by atoms with Crippen LogP contribution in [-0.2, 0) is 26.4 Å². The first-order valence-electron chi connectivity index (χ1n) is 16.1. The normalized spacial score (nSPS) is 12.1. The summed E-state index contributed by atoms with van der Waals surface area (Å²) in [5, 5.41) is 0. The molecule has 6 aromatic carbocycles. The highest BCUT2D eigenvalue weighted by molar-refractivity contribution is 5.47. The molecular weight excluding hydrogens is 596 g/mol. The summed E-state index contributed by atoms with van der Waals surface area (Å²) in [6, 6.07) is 50.6. The van der Waals surface area contributed by atoms with E-state index in [9.17, 15) is 0 Å². The van der Waals surface area contributed by atoms with Gasteiger partial charge in [0, 0.05) is 12.1 Å². The van der Waals surface area contributed by atoms with Crippen LogP contribution in [0.1, 0.15) is 45.5 Å². The van der Waals surface area contributed by atoms with Crippen LogP contribution in [0.25, 0.3) is 0 Å². The molecule has 2 atom stereocenters. The summed E-state index contributed by atoms with van der Waals surface area (Å²) in [6.07, 6.45) is 0. The third-order valence-electron chi connectivity index (χ3n) is 8.04. The average molecular weight is 637 g/mol. The van der Waals surface area contributed by atoms with Crippen molar-refractivity contribution in [3.63, 3.8) is 0 Å². The number of hydrogen-bond acceptors (Lipinski definition) is 6. The van der Waals surface area contributed by atoms with Gasteiger partial charge in [0.05, 0.1) is 0 Å². The minimum atomic E-state index is -0.537. The highest BCUT2D eigenvalue weighted by atomic mass is 16.5. The van der Waals surface area contributed by atoms with Crippen LogP contribution in [-0.4, -0.2) is 0 Å². The molecule has 0 aliphatic rings. The molecule has 0 bridgehead atoms. The Balaban J connectivity index is 1.23. The van der Waals surface area contributed by atoms with Gasteiger partial charge in [-0.2, -0.15) is 0 Å². The van der Waals surface area contributed by atoms with Gasteiger partial charge in [0.25, 0.3) is 0 Å². The molecule has 0 saturated carbocycles. The molecule has 4 N–H and O–H groups in total. The number of ether oxygens (including phenoxy) is 4. The molecule has 242 valence electrons. The summed E-state index contributed by atoms with van der Waals surface area (Å²) in [5.74, 6) is 2.48. The Morgan fingerprint density at radius 3 is 0.896 bits per heavy atom. The molecule has 6 rings (SSSR count). The van der Waals surface area contributed by atoms with Gasteiger partial charge in [-0.15, -0.1) is 0 Å². The van der Waals surface area contributed by atoms with Crippen molar-refractivity contribution < 1.29 is 18.9 Å². The highest BCUT2D eigenvalue weighted by Gasteiger charge is 2.22. The molecule has 0 spiro atoms. The molecule has 0 heterocycles. The van der Waals surface area contributed by atoms with E-state index in [0.717, 1.165) is 33.4 Å². The third kappa shape index (κ3) is 8.82. The van der Waals surface area contributed by atoms with Gasteiger partial charge in [-0.1, -0.05) is 133 Å². The van der Waals surface area contributed by atoms with E-state index in [-0.39, 0.29) is 0 Å². The smallest absolute Gasteiger partial charge is 0.162 e. The van der Waals surface area contributed by atoms with Gasteiger partial charge in [-0.25, -0.2) is 0 Å². The summed E-state index contributed by atoms with van der Waals surface area (Å²) < 4.78 is 25.0. The largest absolute Gasteiger partial charge is 0.485 e. The fourth-order valence-corrected chi connectivity index (χ4v) is 5.28. The van der Waals surface area contributed by atoms with Crippen LogP contribution in [0, 0.1) is 0 Å². The van der Waals surface area contributed by atoms with Gasteiger partial charge >= 0.3 is 0 Å². The zero-order chi connectivity index (χ0) is 33.0. The molecular formula is C42H40N2O4. The van der Waals surface area contributed by atoms with E-state index in [1.54, 1.807) is 0 Å². The van der Waals surface area contributed by atoms with E-state index in [1.807, 2.05) is 158 Å². The average Bonchev–Trinajstić information content (AvgIpc) is 3.16. The van der Waals surface area contributed by atoms with Crippen LogP contribution in [0.4, 0.5) is 0 Å². The molecule has 0 amide bonds. The van der Waals surface area contributed by atoms with Gasteiger partial charge in [0.15, 0.2) is 23.0 Å². The van der Waals surface area contributed by atoms with Gasteiger partial charge in [0.1, 0.15) is 26.4 Å². The summed E-state index contributed by atoms with van der Waals surface area (Å²) in [5.41, 5.74) is 19.6. The van der Waals surface area contributed by atoms with Gasteiger partial charge in [0.2, 0.25) is 0 Å². The van der Waals surface area contributed by atoms with Crippen LogP contribution in [0.5, 0.6) is 23.0 Å². The lowest BCUT2D eigenvalue weighted by molar-refractivity contribution is 0.255. The van der Waals surface area contributed by atoms with Crippen LogP contribution in [0.2, 0.25) is 0 Å². The molecule has 48 heavy (non-hydrogen) atoms. The molecule has 0 fully saturated rings. The zero-order valence-corrected chi connectivity index (χ0v) is 26.8. The Hall–Kier alpha value is -5.56. The summed E-state index contributed by atoms with van der Waals surface area (Å²) in [7, 11) is 0. The van der Waals surface area contributed by atoms with Gasteiger partial charge in [-0.3, -0.25) is 0 Å². The topological polar surface area (TPSA) is 89.0 Å². The maximum atomic E-state index is 6.86. The predicted octanol–water partition coefficient (Wildman–Crippen LogP) is 8.70. The van der Waals surface area contributed by atoms with Crippen molar-refractivity contribution in [3.8, 4) is 23.0 Å². The van der Waals surface area contributed by atoms with Gasteiger partial charge < -0.3 is 30.4 Å². The van der Waals surface area contributed by atoms with Crippen molar-refractivity contribution in [2.45, 2.75) is 38.5 Å². The summed E-state index contributed by atoms with van der Waals surface area (Å²) in [6.45, 7) is 1.61. The molecule has 6 heteroatoms. The molecule has 0 saturated heterocycles. The predicted molar refractivity (Wildman–Crippen MR) is 190 cm³/mol. The van der Waals surface area contributed by atoms with E-state index in [0.29, 0.717) is 49.4 Å². The van der Waals surface area contributed by atoms with E-state index >= 15 is 0 Å². The number of rotatable bonds is 15. The molecule has 2 unspecified atom stereocenters. The lowest BCUT2D eigenvalue weighted by Crippen LogP contribution is -2.26. The first-order chi connectivity index (χ1) is 23.6. The SMILES string of the molecule is NC(c1ccc(OCc2ccccc2)c(OCc2ccccc2)c1)C(N)c1ccc(OCc2ccccc2)c(OCc2ccccc2)c1. The second-order valence-corrected chi connectivity index (χ2v) is 11.6.